The summed E-state index contributed by atoms with van der Waals surface area (Å²) in [6, 6.07) is 5.35. The van der Waals surface area contributed by atoms with Crippen LogP contribution >= 0.6 is 0 Å². The summed E-state index contributed by atoms with van der Waals surface area (Å²) < 4.78 is 11.0. The molecule has 0 saturated carbocycles. The number of hydrogen-bond acceptors (Lipinski definition) is 5. The summed E-state index contributed by atoms with van der Waals surface area (Å²) in [4.78, 5) is 4.15. The Hall–Kier alpha value is -1.85. The number of hydrazine groups is 1. The first-order valence-electron chi connectivity index (χ1n) is 5.82. The minimum Gasteiger partial charge on any atom is -0.489 e. The van der Waals surface area contributed by atoms with Gasteiger partial charge in [-0.1, -0.05) is 0 Å². The molecule has 5 nitrogen and oxygen atoms in total. The molecule has 0 radical (unpaired) electrons. The maximum absolute atomic E-state index is 5.61. The number of rotatable bonds is 5. The number of ether oxygens (including phenoxy) is 1. The molecule has 96 valence electrons. The van der Waals surface area contributed by atoms with Gasteiger partial charge in [0.05, 0.1) is 18.6 Å². The minimum atomic E-state index is -0.233. The molecule has 1 atom stereocenters. The molecule has 0 aliphatic rings. The average molecular weight is 247 g/mol. The van der Waals surface area contributed by atoms with Gasteiger partial charge in [-0.25, -0.2) is 5.43 Å². The third-order valence-corrected chi connectivity index (χ3v) is 2.43. The van der Waals surface area contributed by atoms with Crippen LogP contribution in [-0.2, 0) is 0 Å². The highest BCUT2D eigenvalue weighted by molar-refractivity contribution is 5.30. The van der Waals surface area contributed by atoms with E-state index in [0.29, 0.717) is 5.75 Å². The first-order chi connectivity index (χ1) is 8.70. The summed E-state index contributed by atoms with van der Waals surface area (Å²) in [5, 5.41) is 0. The van der Waals surface area contributed by atoms with Crippen molar-refractivity contribution in [3.63, 3.8) is 0 Å². The fourth-order valence-corrected chi connectivity index (χ4v) is 1.73. The zero-order valence-electron chi connectivity index (χ0n) is 10.5. The molecule has 0 amide bonds. The third kappa shape index (κ3) is 2.88. The monoisotopic (exact) mass is 247 g/mol. The lowest BCUT2D eigenvalue weighted by Gasteiger charge is -2.15. The zero-order valence-corrected chi connectivity index (χ0v) is 10.5. The Morgan fingerprint density at radius 2 is 2.22 bits per heavy atom. The first-order valence-corrected chi connectivity index (χ1v) is 5.82. The molecule has 2 aromatic rings. The second-order valence-corrected chi connectivity index (χ2v) is 4.24. The number of nitrogens with one attached hydrogen (secondary N) is 1. The van der Waals surface area contributed by atoms with Gasteiger partial charge in [0.15, 0.2) is 0 Å². The van der Waals surface area contributed by atoms with Crippen LogP contribution in [0.3, 0.4) is 0 Å². The Bertz CT molecular complexity index is 483. The smallest absolute Gasteiger partial charge is 0.138 e. The Morgan fingerprint density at radius 1 is 1.39 bits per heavy atom. The number of furan rings is 1. The molecule has 3 N–H and O–H groups in total. The van der Waals surface area contributed by atoms with Crippen molar-refractivity contribution in [2.45, 2.75) is 26.0 Å². The largest absolute Gasteiger partial charge is 0.489 e. The van der Waals surface area contributed by atoms with Crippen molar-refractivity contribution in [1.29, 1.82) is 0 Å². The van der Waals surface area contributed by atoms with E-state index in [4.69, 9.17) is 15.0 Å². The van der Waals surface area contributed by atoms with E-state index < -0.39 is 0 Å². The van der Waals surface area contributed by atoms with Crippen LogP contribution in [0.2, 0.25) is 0 Å². The SMILES string of the molecule is CC(C)Oc1cncc(C(NN)c2ccco2)c1. The van der Waals surface area contributed by atoms with Gasteiger partial charge in [-0.3, -0.25) is 10.8 Å². The van der Waals surface area contributed by atoms with Gasteiger partial charge in [0, 0.05) is 6.20 Å². The van der Waals surface area contributed by atoms with Crippen LogP contribution in [-0.4, -0.2) is 11.1 Å². The molecule has 1 unspecified atom stereocenters. The number of aromatic nitrogens is 1. The van der Waals surface area contributed by atoms with Crippen LogP contribution in [0.25, 0.3) is 0 Å². The van der Waals surface area contributed by atoms with E-state index in [9.17, 15) is 0 Å². The lowest BCUT2D eigenvalue weighted by atomic mass is 10.1. The van der Waals surface area contributed by atoms with Crippen LogP contribution < -0.4 is 16.0 Å². The summed E-state index contributed by atoms with van der Waals surface area (Å²) in [6.45, 7) is 3.94. The van der Waals surface area contributed by atoms with Gasteiger partial charge >= 0.3 is 0 Å². The van der Waals surface area contributed by atoms with E-state index in [1.165, 1.54) is 0 Å². The van der Waals surface area contributed by atoms with Crippen LogP contribution in [0.1, 0.15) is 31.2 Å². The average Bonchev–Trinajstić information content (AvgIpc) is 2.83. The maximum atomic E-state index is 5.61. The molecule has 2 aromatic heterocycles. The highest BCUT2D eigenvalue weighted by Crippen LogP contribution is 2.24. The van der Waals surface area contributed by atoms with Gasteiger partial charge < -0.3 is 9.15 Å². The summed E-state index contributed by atoms with van der Waals surface area (Å²) in [5.41, 5.74) is 3.61. The first kappa shape index (κ1) is 12.6. The number of hydrogen-bond donors (Lipinski definition) is 2. The highest BCUT2D eigenvalue weighted by atomic mass is 16.5. The summed E-state index contributed by atoms with van der Waals surface area (Å²) in [6.07, 6.45) is 5.14. The Balaban J connectivity index is 2.26. The van der Waals surface area contributed by atoms with Crippen molar-refractivity contribution in [3.8, 4) is 5.75 Å². The third-order valence-electron chi connectivity index (χ3n) is 2.43. The minimum absolute atomic E-state index is 0.106. The van der Waals surface area contributed by atoms with Crippen LogP contribution in [0.15, 0.2) is 41.3 Å². The zero-order chi connectivity index (χ0) is 13.0. The van der Waals surface area contributed by atoms with E-state index >= 15 is 0 Å². The number of nitrogens with two attached hydrogens (primary N) is 1. The fraction of sp³-hybridized carbons (Fsp3) is 0.308. The molecule has 2 rings (SSSR count). The fourth-order valence-electron chi connectivity index (χ4n) is 1.73. The molecule has 18 heavy (non-hydrogen) atoms. The molecule has 2 heterocycles. The van der Waals surface area contributed by atoms with Crippen molar-refractivity contribution < 1.29 is 9.15 Å². The van der Waals surface area contributed by atoms with Gasteiger partial charge in [-0.2, -0.15) is 0 Å². The van der Waals surface area contributed by atoms with E-state index in [0.717, 1.165) is 11.3 Å². The standard InChI is InChI=1S/C13H17N3O2/c1-9(2)18-11-6-10(7-15-8-11)13(16-14)12-4-3-5-17-12/h3-9,13,16H,14H2,1-2H3. The normalized spacial score (nSPS) is 12.7. The quantitative estimate of drug-likeness (QED) is 0.624. The molecule has 0 aromatic carbocycles. The van der Waals surface area contributed by atoms with Crippen molar-refractivity contribution in [2.24, 2.45) is 5.84 Å². The molecule has 0 aliphatic heterocycles. The van der Waals surface area contributed by atoms with Crippen LogP contribution in [0, 0.1) is 0 Å². The second-order valence-electron chi connectivity index (χ2n) is 4.24. The molecule has 0 fully saturated rings. The van der Waals surface area contributed by atoms with Crippen molar-refractivity contribution >= 4 is 0 Å². The molecule has 5 heteroatoms. The molecular formula is C13H17N3O2. The van der Waals surface area contributed by atoms with E-state index in [1.807, 2.05) is 32.0 Å². The molecule has 0 saturated heterocycles. The summed E-state index contributed by atoms with van der Waals surface area (Å²) in [7, 11) is 0. The Kier molecular flexibility index (Phi) is 3.96. The van der Waals surface area contributed by atoms with Gasteiger partial charge in [-0.15, -0.1) is 0 Å². The van der Waals surface area contributed by atoms with Crippen molar-refractivity contribution in [3.05, 3.63) is 48.2 Å². The van der Waals surface area contributed by atoms with Gasteiger partial charge in [-0.05, 0) is 37.6 Å². The van der Waals surface area contributed by atoms with Gasteiger partial charge in [0.1, 0.15) is 17.6 Å². The molecule has 0 aliphatic carbocycles. The Labute approximate surface area is 106 Å². The second kappa shape index (κ2) is 5.66. The van der Waals surface area contributed by atoms with Gasteiger partial charge in [0.2, 0.25) is 0 Å². The van der Waals surface area contributed by atoms with E-state index in [2.05, 4.69) is 10.4 Å². The number of pyridine rings is 1. The summed E-state index contributed by atoms with van der Waals surface area (Å²) >= 11 is 0. The van der Waals surface area contributed by atoms with Gasteiger partial charge in [0.25, 0.3) is 0 Å². The summed E-state index contributed by atoms with van der Waals surface area (Å²) in [5.74, 6) is 7.02. The van der Waals surface area contributed by atoms with Crippen molar-refractivity contribution in [2.75, 3.05) is 0 Å². The Morgan fingerprint density at radius 3 is 2.83 bits per heavy atom. The lowest BCUT2D eigenvalue weighted by Crippen LogP contribution is -2.28. The van der Waals surface area contributed by atoms with E-state index in [1.54, 1.807) is 18.7 Å². The molecular weight excluding hydrogens is 230 g/mol. The predicted octanol–water partition coefficient (Wildman–Crippen LogP) is 2.01. The maximum Gasteiger partial charge on any atom is 0.138 e. The van der Waals surface area contributed by atoms with E-state index in [-0.39, 0.29) is 12.1 Å². The van der Waals surface area contributed by atoms with Crippen LogP contribution in [0.5, 0.6) is 5.75 Å². The highest BCUT2D eigenvalue weighted by Gasteiger charge is 2.16. The topological polar surface area (TPSA) is 73.3 Å². The lowest BCUT2D eigenvalue weighted by molar-refractivity contribution is 0.241. The van der Waals surface area contributed by atoms with Crippen molar-refractivity contribution in [1.82, 2.24) is 10.4 Å². The predicted molar refractivity (Wildman–Crippen MR) is 67.9 cm³/mol. The van der Waals surface area contributed by atoms with Crippen LogP contribution in [0.4, 0.5) is 0 Å². The molecule has 0 bridgehead atoms. The number of nitrogens with zero attached hydrogens (tertiary/aromatic N) is 1. The molecule has 0 spiro atoms.